The number of fused-ring (bicyclic) bond motifs is 1. The number of amidine groups is 1. The summed E-state index contributed by atoms with van der Waals surface area (Å²) in [6.45, 7) is 5.70. The van der Waals surface area contributed by atoms with Crippen LogP contribution in [0.15, 0.2) is 17.6 Å². The molecule has 0 saturated carbocycles. The summed E-state index contributed by atoms with van der Waals surface area (Å²) in [5, 5.41) is 21.1. The first kappa shape index (κ1) is 12.5. The number of aliphatic hydroxyl groups is 2. The minimum absolute atomic E-state index is 0.177. The Morgan fingerprint density at radius 2 is 2.22 bits per heavy atom. The van der Waals surface area contributed by atoms with Crippen molar-refractivity contribution in [3.05, 3.63) is 12.7 Å². The van der Waals surface area contributed by atoms with Crippen LogP contribution in [0.5, 0.6) is 0 Å². The molecule has 3 heterocycles. The topological polar surface area (TPSA) is 65.3 Å². The van der Waals surface area contributed by atoms with Crippen LogP contribution in [0.3, 0.4) is 0 Å². The van der Waals surface area contributed by atoms with Crippen molar-refractivity contribution in [2.24, 2.45) is 4.99 Å². The zero-order chi connectivity index (χ0) is 12.7. The molecule has 2 fully saturated rings. The second kappa shape index (κ2) is 4.85. The van der Waals surface area contributed by atoms with Crippen LogP contribution in [0, 0.1) is 0 Å². The molecule has 5 nitrogen and oxygen atoms in total. The molecule has 3 rings (SSSR count). The molecule has 2 saturated heterocycles. The van der Waals surface area contributed by atoms with Gasteiger partial charge in [0.05, 0.1) is 6.10 Å². The molecule has 2 N–H and O–H groups in total. The smallest absolute Gasteiger partial charge is 0.162 e. The highest BCUT2D eigenvalue weighted by Crippen LogP contribution is 2.38. The lowest BCUT2D eigenvalue weighted by Gasteiger charge is -2.38. The largest absolute Gasteiger partial charge is 0.388 e. The predicted octanol–water partition coefficient (Wildman–Crippen LogP) is 0.186. The number of ether oxygens (including phenoxy) is 1. The predicted molar refractivity (Wildman–Crippen MR) is 70.5 cm³/mol. The van der Waals surface area contributed by atoms with Gasteiger partial charge in [0.15, 0.2) is 5.17 Å². The average molecular weight is 270 g/mol. The van der Waals surface area contributed by atoms with E-state index in [9.17, 15) is 10.2 Å². The fourth-order valence-electron chi connectivity index (χ4n) is 2.44. The minimum atomic E-state index is -0.885. The molecular formula is C12H18N2O3S. The van der Waals surface area contributed by atoms with Gasteiger partial charge in [-0.15, -0.1) is 6.58 Å². The second-order valence-corrected chi connectivity index (χ2v) is 5.97. The number of likely N-dealkylation sites (tertiary alicyclic amines) is 1. The first-order chi connectivity index (χ1) is 8.70. The molecule has 0 spiro atoms. The summed E-state index contributed by atoms with van der Waals surface area (Å²) in [7, 11) is 0. The first-order valence-corrected chi connectivity index (χ1v) is 7.20. The molecule has 18 heavy (non-hydrogen) atoms. The van der Waals surface area contributed by atoms with E-state index < -0.39 is 12.2 Å². The van der Waals surface area contributed by atoms with Crippen molar-refractivity contribution in [1.82, 2.24) is 4.90 Å². The van der Waals surface area contributed by atoms with Crippen molar-refractivity contribution in [3.8, 4) is 0 Å². The molecule has 0 aromatic rings. The van der Waals surface area contributed by atoms with Gasteiger partial charge in [0.25, 0.3) is 0 Å². The molecule has 3 aliphatic rings. The Morgan fingerprint density at radius 3 is 2.83 bits per heavy atom. The Hall–Kier alpha value is -0.560. The van der Waals surface area contributed by atoms with E-state index in [0.717, 1.165) is 18.3 Å². The van der Waals surface area contributed by atoms with Crippen LogP contribution < -0.4 is 0 Å². The summed E-state index contributed by atoms with van der Waals surface area (Å²) < 4.78 is 5.82. The van der Waals surface area contributed by atoms with E-state index in [1.807, 2.05) is 0 Å². The van der Waals surface area contributed by atoms with E-state index in [4.69, 9.17) is 4.74 Å². The summed E-state index contributed by atoms with van der Waals surface area (Å²) >= 11 is 1.56. The van der Waals surface area contributed by atoms with Crippen LogP contribution >= 0.6 is 11.8 Å². The molecule has 3 aliphatic heterocycles. The lowest BCUT2D eigenvalue weighted by molar-refractivity contribution is -0.150. The third kappa shape index (κ3) is 1.97. The molecule has 5 atom stereocenters. The van der Waals surface area contributed by atoms with Crippen LogP contribution in [0.2, 0.25) is 0 Å². The lowest BCUT2D eigenvalue weighted by Crippen LogP contribution is -2.54. The van der Waals surface area contributed by atoms with E-state index in [0.29, 0.717) is 6.42 Å². The Balaban J connectivity index is 1.72. The van der Waals surface area contributed by atoms with E-state index in [1.54, 1.807) is 17.8 Å². The van der Waals surface area contributed by atoms with Gasteiger partial charge in [-0.05, 0) is 12.8 Å². The molecule has 100 valence electrons. The number of aliphatic imine (C=N–C) groups is 1. The Morgan fingerprint density at radius 1 is 1.44 bits per heavy atom. The molecule has 0 aromatic carbocycles. The summed E-state index contributed by atoms with van der Waals surface area (Å²) in [6, 6.07) is -0.346. The molecule has 0 radical (unpaired) electrons. The van der Waals surface area contributed by atoms with E-state index >= 15 is 0 Å². The Kier molecular flexibility index (Phi) is 3.36. The van der Waals surface area contributed by atoms with E-state index in [1.165, 1.54) is 6.42 Å². The first-order valence-electron chi connectivity index (χ1n) is 6.32. The second-order valence-electron chi connectivity index (χ2n) is 4.91. The fraction of sp³-hybridized carbons (Fsp3) is 0.750. The number of hydrogen-bond donors (Lipinski definition) is 2. The standard InChI is InChI=1S/C12H18N2O3S/c1-2-4-7-9(15)10(16)8-11(17-7)18-12(13-8)14-5-3-6-14/h2,7-11,15-16H,1,3-6H2/t7-,8-,9-,10-,11-/m1/s1. The number of aliphatic hydroxyl groups excluding tert-OH is 2. The van der Waals surface area contributed by atoms with E-state index in [-0.39, 0.29) is 17.6 Å². The van der Waals surface area contributed by atoms with Crippen LogP contribution in [0.1, 0.15) is 12.8 Å². The van der Waals surface area contributed by atoms with Crippen molar-refractivity contribution in [2.45, 2.75) is 42.6 Å². The van der Waals surface area contributed by atoms with Gasteiger partial charge in [-0.1, -0.05) is 17.8 Å². The normalized spacial score (nSPS) is 43.1. The Labute approximate surface area is 111 Å². The number of hydrogen-bond acceptors (Lipinski definition) is 6. The zero-order valence-electron chi connectivity index (χ0n) is 10.1. The van der Waals surface area contributed by atoms with Gasteiger partial charge < -0.3 is 19.8 Å². The lowest BCUT2D eigenvalue weighted by atomic mass is 9.96. The van der Waals surface area contributed by atoms with Gasteiger partial charge >= 0.3 is 0 Å². The third-order valence-corrected chi connectivity index (χ3v) is 4.87. The van der Waals surface area contributed by atoms with Gasteiger partial charge in [-0.25, -0.2) is 0 Å². The van der Waals surface area contributed by atoms with Gasteiger partial charge in [0.2, 0.25) is 0 Å². The van der Waals surface area contributed by atoms with Crippen LogP contribution in [0.25, 0.3) is 0 Å². The maximum atomic E-state index is 10.1. The highest BCUT2D eigenvalue weighted by atomic mass is 32.2. The van der Waals surface area contributed by atoms with Crippen molar-refractivity contribution in [2.75, 3.05) is 13.1 Å². The van der Waals surface area contributed by atoms with Crippen molar-refractivity contribution in [3.63, 3.8) is 0 Å². The monoisotopic (exact) mass is 270 g/mol. The highest BCUT2D eigenvalue weighted by Gasteiger charge is 2.48. The Bertz CT molecular complexity index is 372. The zero-order valence-corrected chi connectivity index (χ0v) is 10.9. The molecule has 0 aromatic heterocycles. The maximum absolute atomic E-state index is 10.1. The van der Waals surface area contributed by atoms with Crippen molar-refractivity contribution < 1.29 is 14.9 Å². The highest BCUT2D eigenvalue weighted by molar-refractivity contribution is 8.14. The third-order valence-electron chi connectivity index (χ3n) is 3.68. The average Bonchev–Trinajstić information content (AvgIpc) is 2.67. The van der Waals surface area contributed by atoms with Crippen molar-refractivity contribution in [1.29, 1.82) is 0 Å². The van der Waals surface area contributed by atoms with Crippen LogP contribution in [-0.4, -0.2) is 63.2 Å². The summed E-state index contributed by atoms with van der Waals surface area (Å²) in [6.07, 6.45) is 1.33. The van der Waals surface area contributed by atoms with Crippen LogP contribution in [-0.2, 0) is 4.74 Å². The quantitative estimate of drug-likeness (QED) is 0.701. The van der Waals surface area contributed by atoms with Gasteiger partial charge in [-0.2, -0.15) is 0 Å². The minimum Gasteiger partial charge on any atom is -0.388 e. The summed E-state index contributed by atoms with van der Waals surface area (Å²) in [4.78, 5) is 6.69. The van der Waals surface area contributed by atoms with Gasteiger partial charge in [-0.3, -0.25) is 4.99 Å². The van der Waals surface area contributed by atoms with Gasteiger partial charge in [0, 0.05) is 13.1 Å². The fourth-order valence-corrected chi connectivity index (χ4v) is 3.72. The summed E-state index contributed by atoms with van der Waals surface area (Å²) in [5.74, 6) is 0. The molecule has 0 aliphatic carbocycles. The number of rotatable bonds is 2. The molecule has 0 bridgehead atoms. The van der Waals surface area contributed by atoms with Gasteiger partial charge in [0.1, 0.15) is 23.7 Å². The molecule has 0 amide bonds. The van der Waals surface area contributed by atoms with E-state index in [2.05, 4.69) is 16.5 Å². The maximum Gasteiger partial charge on any atom is 0.162 e. The van der Waals surface area contributed by atoms with Crippen molar-refractivity contribution >= 4 is 16.9 Å². The van der Waals surface area contributed by atoms with Crippen LogP contribution in [0.4, 0.5) is 0 Å². The SMILES string of the molecule is C=CC[C@H]1O[C@@H]2SC(N3CCC3)=N[C@@H]2[C@@H](O)[C@@H]1O. The molecule has 6 heteroatoms. The molecular weight excluding hydrogens is 252 g/mol. The summed E-state index contributed by atoms with van der Waals surface area (Å²) in [5.41, 5.74) is -0.177. The molecule has 0 unspecified atom stereocenters. The number of thioether (sulfide) groups is 1. The number of nitrogens with zero attached hydrogens (tertiary/aromatic N) is 2.